The number of rotatable bonds is 3. The number of nitrogens with zero attached hydrogens (tertiary/aromatic N) is 4. The Labute approximate surface area is 168 Å². The molecule has 0 saturated carbocycles. The third-order valence-electron chi connectivity index (χ3n) is 4.71. The zero-order valence-corrected chi connectivity index (χ0v) is 17.2. The predicted octanol–water partition coefficient (Wildman–Crippen LogP) is 4.18. The van der Waals surface area contributed by atoms with Crippen molar-refractivity contribution >= 4 is 48.6 Å². The van der Waals surface area contributed by atoms with E-state index in [1.165, 1.54) is 5.56 Å². The van der Waals surface area contributed by atoms with Crippen molar-refractivity contribution in [2.75, 3.05) is 31.1 Å². The standard InChI is InChI=1S/C19H18Br2N4O/c20-14-3-4-17(23-11-14)25-8-6-24(7-9-25)12-13-10-16(21)19(26)18-15(13)2-1-5-22-18/h1-5,10-11,26H,6-9,12H2. The van der Waals surface area contributed by atoms with E-state index in [9.17, 15) is 5.11 Å². The van der Waals surface area contributed by atoms with Gasteiger partial charge in [-0.1, -0.05) is 6.07 Å². The second-order valence-corrected chi connectivity index (χ2v) is 8.13. The third kappa shape index (κ3) is 3.56. The Bertz CT molecular complexity index is 925. The maximum atomic E-state index is 10.2. The van der Waals surface area contributed by atoms with Crippen LogP contribution in [0.25, 0.3) is 10.9 Å². The highest BCUT2D eigenvalue weighted by atomic mass is 79.9. The average Bonchev–Trinajstić information content (AvgIpc) is 2.67. The third-order valence-corrected chi connectivity index (χ3v) is 5.78. The fourth-order valence-corrected chi connectivity index (χ4v) is 4.03. The summed E-state index contributed by atoms with van der Waals surface area (Å²) >= 11 is 6.88. The van der Waals surface area contributed by atoms with E-state index in [0.29, 0.717) is 9.99 Å². The molecule has 4 rings (SSSR count). The molecule has 1 aliphatic heterocycles. The summed E-state index contributed by atoms with van der Waals surface area (Å²) in [5.74, 6) is 1.23. The minimum absolute atomic E-state index is 0.204. The first-order chi connectivity index (χ1) is 12.6. The minimum atomic E-state index is 0.204. The summed E-state index contributed by atoms with van der Waals surface area (Å²) in [5.41, 5.74) is 1.82. The molecule has 3 aromatic rings. The van der Waals surface area contributed by atoms with Crippen LogP contribution in [0.5, 0.6) is 5.75 Å². The monoisotopic (exact) mass is 476 g/mol. The highest BCUT2D eigenvalue weighted by Crippen LogP contribution is 2.34. The fraction of sp³-hybridized carbons (Fsp3) is 0.263. The van der Waals surface area contributed by atoms with E-state index < -0.39 is 0 Å². The SMILES string of the molecule is Oc1c(Br)cc(CN2CCN(c3ccc(Br)cn3)CC2)c2cccnc12. The maximum Gasteiger partial charge on any atom is 0.156 e. The second kappa shape index (κ2) is 7.50. The molecule has 0 aliphatic carbocycles. The van der Waals surface area contributed by atoms with Crippen molar-refractivity contribution in [1.29, 1.82) is 0 Å². The number of pyridine rings is 2. The van der Waals surface area contributed by atoms with Gasteiger partial charge in [0.05, 0.1) is 4.47 Å². The molecule has 0 radical (unpaired) electrons. The number of anilines is 1. The molecular formula is C19H18Br2N4O. The minimum Gasteiger partial charge on any atom is -0.505 e. The van der Waals surface area contributed by atoms with E-state index in [2.05, 4.69) is 57.7 Å². The van der Waals surface area contributed by atoms with E-state index in [1.54, 1.807) is 6.20 Å². The lowest BCUT2D eigenvalue weighted by Crippen LogP contribution is -2.46. The van der Waals surface area contributed by atoms with Gasteiger partial charge in [0.2, 0.25) is 0 Å². The van der Waals surface area contributed by atoms with Gasteiger partial charge in [-0.05, 0) is 61.7 Å². The molecule has 7 heteroatoms. The quantitative estimate of drug-likeness (QED) is 0.613. The molecule has 2 aromatic heterocycles. The molecule has 1 saturated heterocycles. The first-order valence-electron chi connectivity index (χ1n) is 8.46. The number of phenols is 1. The average molecular weight is 478 g/mol. The van der Waals surface area contributed by atoms with E-state index in [4.69, 9.17) is 0 Å². The van der Waals surface area contributed by atoms with Crippen molar-refractivity contribution in [1.82, 2.24) is 14.9 Å². The summed E-state index contributed by atoms with van der Waals surface area (Å²) in [4.78, 5) is 13.6. The first kappa shape index (κ1) is 17.7. The molecule has 1 aliphatic rings. The van der Waals surface area contributed by atoms with Crippen LogP contribution in [0.1, 0.15) is 5.56 Å². The normalized spacial score (nSPS) is 15.5. The van der Waals surface area contributed by atoms with E-state index in [1.807, 2.05) is 30.5 Å². The summed E-state index contributed by atoms with van der Waals surface area (Å²) in [6.07, 6.45) is 3.55. The Morgan fingerprint density at radius 3 is 2.58 bits per heavy atom. The number of piperazine rings is 1. The van der Waals surface area contributed by atoms with E-state index >= 15 is 0 Å². The Morgan fingerprint density at radius 1 is 1.04 bits per heavy atom. The molecule has 1 N–H and O–H groups in total. The van der Waals surface area contributed by atoms with Gasteiger partial charge >= 0.3 is 0 Å². The van der Waals surface area contributed by atoms with E-state index in [-0.39, 0.29) is 5.75 Å². The summed E-state index contributed by atoms with van der Waals surface area (Å²) in [7, 11) is 0. The Morgan fingerprint density at radius 2 is 1.85 bits per heavy atom. The molecule has 0 atom stereocenters. The van der Waals surface area contributed by atoms with Gasteiger partial charge in [0.25, 0.3) is 0 Å². The van der Waals surface area contributed by atoms with Gasteiger partial charge < -0.3 is 10.0 Å². The lowest BCUT2D eigenvalue weighted by Gasteiger charge is -2.35. The zero-order valence-electron chi connectivity index (χ0n) is 14.1. The molecule has 5 nitrogen and oxygen atoms in total. The molecule has 134 valence electrons. The first-order valence-corrected chi connectivity index (χ1v) is 10.0. The lowest BCUT2D eigenvalue weighted by molar-refractivity contribution is 0.250. The highest BCUT2D eigenvalue weighted by Gasteiger charge is 2.20. The molecule has 0 amide bonds. The molecule has 0 spiro atoms. The van der Waals surface area contributed by atoms with E-state index in [0.717, 1.165) is 48.4 Å². The number of halogens is 2. The highest BCUT2D eigenvalue weighted by molar-refractivity contribution is 9.10. The fourth-order valence-electron chi connectivity index (χ4n) is 3.33. The number of phenolic OH excluding ortho intramolecular Hbond substituents is 1. The predicted molar refractivity (Wildman–Crippen MR) is 111 cm³/mol. The number of aromatic nitrogens is 2. The van der Waals surface area contributed by atoms with Crippen LogP contribution in [-0.2, 0) is 6.54 Å². The van der Waals surface area contributed by atoms with Gasteiger partial charge in [0.15, 0.2) is 5.75 Å². The van der Waals surface area contributed by atoms with Gasteiger partial charge in [-0.15, -0.1) is 0 Å². The van der Waals surface area contributed by atoms with Crippen LogP contribution < -0.4 is 4.90 Å². The topological polar surface area (TPSA) is 52.5 Å². The maximum absolute atomic E-state index is 10.2. The van der Waals surface area contributed by atoms with Gasteiger partial charge in [0, 0.05) is 55.0 Å². The molecular weight excluding hydrogens is 460 g/mol. The largest absolute Gasteiger partial charge is 0.505 e. The summed E-state index contributed by atoms with van der Waals surface area (Å²) < 4.78 is 1.69. The number of benzene rings is 1. The smallest absolute Gasteiger partial charge is 0.156 e. The van der Waals surface area contributed by atoms with Crippen LogP contribution in [0.3, 0.4) is 0 Å². The Kier molecular flexibility index (Phi) is 5.11. The van der Waals surface area contributed by atoms with Crippen LogP contribution in [0.2, 0.25) is 0 Å². The van der Waals surface area contributed by atoms with Crippen molar-refractivity contribution in [3.63, 3.8) is 0 Å². The van der Waals surface area contributed by atoms with Crippen molar-refractivity contribution in [2.45, 2.75) is 6.54 Å². The number of fused-ring (bicyclic) bond motifs is 1. The zero-order chi connectivity index (χ0) is 18.1. The van der Waals surface area contributed by atoms with Gasteiger partial charge in [-0.3, -0.25) is 9.88 Å². The Hall–Kier alpha value is -1.70. The molecule has 3 heterocycles. The lowest BCUT2D eigenvalue weighted by atomic mass is 10.1. The molecule has 26 heavy (non-hydrogen) atoms. The Balaban J connectivity index is 1.49. The van der Waals surface area contributed by atoms with Crippen molar-refractivity contribution in [2.24, 2.45) is 0 Å². The molecule has 1 aromatic carbocycles. The summed E-state index contributed by atoms with van der Waals surface area (Å²) in [5, 5.41) is 11.2. The number of hydrogen-bond acceptors (Lipinski definition) is 5. The van der Waals surface area contributed by atoms with Crippen LogP contribution in [0, 0.1) is 0 Å². The van der Waals surface area contributed by atoms with Crippen LogP contribution in [-0.4, -0.2) is 46.2 Å². The van der Waals surface area contributed by atoms with Crippen LogP contribution in [0.15, 0.2) is 51.7 Å². The number of aromatic hydroxyl groups is 1. The van der Waals surface area contributed by atoms with Crippen LogP contribution in [0.4, 0.5) is 5.82 Å². The van der Waals surface area contributed by atoms with Crippen molar-refractivity contribution in [3.05, 3.63) is 57.2 Å². The summed E-state index contributed by atoms with van der Waals surface area (Å²) in [6, 6.07) is 10.0. The number of hydrogen-bond donors (Lipinski definition) is 1. The van der Waals surface area contributed by atoms with Crippen molar-refractivity contribution in [3.8, 4) is 5.75 Å². The molecule has 1 fully saturated rings. The molecule has 0 bridgehead atoms. The second-order valence-electron chi connectivity index (χ2n) is 6.36. The van der Waals surface area contributed by atoms with Crippen molar-refractivity contribution < 1.29 is 5.11 Å². The molecule has 0 unspecified atom stereocenters. The van der Waals surface area contributed by atoms with Gasteiger partial charge in [-0.2, -0.15) is 0 Å². The summed E-state index contributed by atoms with van der Waals surface area (Å²) in [6.45, 7) is 4.67. The van der Waals surface area contributed by atoms with Gasteiger partial charge in [-0.25, -0.2) is 4.98 Å². The van der Waals surface area contributed by atoms with Gasteiger partial charge in [0.1, 0.15) is 11.3 Å². The van der Waals surface area contributed by atoms with Crippen LogP contribution >= 0.6 is 31.9 Å².